The molecule has 27 heavy (non-hydrogen) atoms. The van der Waals surface area contributed by atoms with Gasteiger partial charge in [-0.1, -0.05) is 42.5 Å². The van der Waals surface area contributed by atoms with Crippen LogP contribution in [-0.4, -0.2) is 29.9 Å². The molecule has 0 saturated heterocycles. The van der Waals surface area contributed by atoms with Crippen molar-refractivity contribution < 1.29 is 32.6 Å². The SMILES string of the molecule is O=C(Cc1cccc(OC(F)(F)F)c1)NCC(Cc1ccccc1)C(=O)O. The van der Waals surface area contributed by atoms with Crippen LogP contribution in [0.5, 0.6) is 5.75 Å². The van der Waals surface area contributed by atoms with Crippen LogP contribution in [0.4, 0.5) is 13.2 Å². The van der Waals surface area contributed by atoms with Crippen molar-refractivity contribution in [1.29, 1.82) is 0 Å². The largest absolute Gasteiger partial charge is 0.573 e. The highest BCUT2D eigenvalue weighted by atomic mass is 19.4. The first kappa shape index (κ1) is 20.3. The zero-order chi connectivity index (χ0) is 19.9. The predicted molar refractivity (Wildman–Crippen MR) is 91.1 cm³/mol. The van der Waals surface area contributed by atoms with Crippen molar-refractivity contribution >= 4 is 11.9 Å². The van der Waals surface area contributed by atoms with E-state index < -0.39 is 29.9 Å². The number of carbonyl (C=O) groups excluding carboxylic acids is 1. The molecule has 0 radical (unpaired) electrons. The number of halogens is 3. The van der Waals surface area contributed by atoms with Crippen LogP contribution in [-0.2, 0) is 22.4 Å². The summed E-state index contributed by atoms with van der Waals surface area (Å²) in [5.74, 6) is -2.75. The number of rotatable bonds is 8. The third-order valence-electron chi connectivity index (χ3n) is 3.72. The number of benzene rings is 2. The molecule has 144 valence electrons. The van der Waals surface area contributed by atoms with Crippen molar-refractivity contribution in [3.05, 3.63) is 65.7 Å². The van der Waals surface area contributed by atoms with Crippen LogP contribution >= 0.6 is 0 Å². The van der Waals surface area contributed by atoms with Crippen LogP contribution in [0, 0.1) is 5.92 Å². The van der Waals surface area contributed by atoms with Crippen LogP contribution in [0.25, 0.3) is 0 Å². The summed E-state index contributed by atoms with van der Waals surface area (Å²) in [5, 5.41) is 11.8. The number of hydrogen-bond donors (Lipinski definition) is 2. The van der Waals surface area contributed by atoms with Crippen molar-refractivity contribution in [2.45, 2.75) is 19.2 Å². The minimum absolute atomic E-state index is 0.0815. The Labute approximate surface area is 153 Å². The number of carboxylic acid groups (broad SMARTS) is 1. The van der Waals surface area contributed by atoms with Gasteiger partial charge in [0.15, 0.2) is 0 Å². The average molecular weight is 381 g/mol. The van der Waals surface area contributed by atoms with Crippen LogP contribution in [0.1, 0.15) is 11.1 Å². The number of ether oxygens (including phenoxy) is 1. The molecule has 0 aliphatic carbocycles. The Kier molecular flexibility index (Phi) is 6.81. The fourth-order valence-electron chi connectivity index (χ4n) is 2.48. The third-order valence-corrected chi connectivity index (χ3v) is 3.72. The zero-order valence-electron chi connectivity index (χ0n) is 14.2. The fraction of sp³-hybridized carbons (Fsp3) is 0.263. The molecule has 0 spiro atoms. The highest BCUT2D eigenvalue weighted by molar-refractivity contribution is 5.79. The van der Waals surface area contributed by atoms with E-state index in [2.05, 4.69) is 10.1 Å². The summed E-state index contributed by atoms with van der Waals surface area (Å²) in [6, 6.07) is 14.1. The van der Waals surface area contributed by atoms with Crippen LogP contribution in [0.15, 0.2) is 54.6 Å². The second-order valence-electron chi connectivity index (χ2n) is 5.90. The first-order valence-electron chi connectivity index (χ1n) is 8.11. The number of nitrogens with one attached hydrogen (secondary N) is 1. The summed E-state index contributed by atoms with van der Waals surface area (Å²) in [5.41, 5.74) is 1.15. The van der Waals surface area contributed by atoms with Gasteiger partial charge in [-0.2, -0.15) is 0 Å². The Hall–Kier alpha value is -3.03. The van der Waals surface area contributed by atoms with Gasteiger partial charge < -0.3 is 15.2 Å². The summed E-state index contributed by atoms with van der Waals surface area (Å²) < 4.78 is 40.5. The molecular formula is C19H18F3NO4. The Morgan fingerprint density at radius 1 is 1.04 bits per heavy atom. The quantitative estimate of drug-likeness (QED) is 0.736. The maximum Gasteiger partial charge on any atom is 0.573 e. The van der Waals surface area contributed by atoms with Gasteiger partial charge in [-0.3, -0.25) is 9.59 Å². The zero-order valence-corrected chi connectivity index (χ0v) is 14.2. The monoisotopic (exact) mass is 381 g/mol. The molecule has 0 fully saturated rings. The van der Waals surface area contributed by atoms with Gasteiger partial charge in [-0.25, -0.2) is 0 Å². The van der Waals surface area contributed by atoms with E-state index in [1.165, 1.54) is 12.1 Å². The van der Waals surface area contributed by atoms with Crippen molar-refractivity contribution in [3.8, 4) is 5.75 Å². The van der Waals surface area contributed by atoms with Crippen molar-refractivity contribution in [2.24, 2.45) is 5.92 Å². The number of carboxylic acids is 1. The number of hydrogen-bond acceptors (Lipinski definition) is 3. The summed E-state index contributed by atoms with van der Waals surface area (Å²) in [6.07, 6.45) is -4.74. The normalized spacial score (nSPS) is 12.3. The van der Waals surface area contributed by atoms with E-state index in [0.717, 1.165) is 17.7 Å². The summed E-state index contributed by atoms with van der Waals surface area (Å²) in [4.78, 5) is 23.4. The molecule has 2 rings (SSSR count). The number of alkyl halides is 3. The van der Waals surface area contributed by atoms with Gasteiger partial charge in [0.2, 0.25) is 5.91 Å². The van der Waals surface area contributed by atoms with Gasteiger partial charge in [0.25, 0.3) is 0 Å². The lowest BCUT2D eigenvalue weighted by molar-refractivity contribution is -0.274. The number of amides is 1. The van der Waals surface area contributed by atoms with E-state index in [-0.39, 0.29) is 19.4 Å². The molecule has 0 heterocycles. The molecule has 0 saturated carbocycles. The second kappa shape index (κ2) is 9.07. The van der Waals surface area contributed by atoms with Crippen LogP contribution in [0.2, 0.25) is 0 Å². The molecule has 5 nitrogen and oxygen atoms in total. The Morgan fingerprint density at radius 2 is 1.70 bits per heavy atom. The molecule has 1 amide bonds. The molecule has 2 N–H and O–H groups in total. The van der Waals surface area contributed by atoms with E-state index in [1.54, 1.807) is 24.3 Å². The minimum Gasteiger partial charge on any atom is -0.481 e. The third kappa shape index (κ3) is 7.39. The van der Waals surface area contributed by atoms with Gasteiger partial charge in [0.05, 0.1) is 12.3 Å². The van der Waals surface area contributed by atoms with E-state index >= 15 is 0 Å². The van der Waals surface area contributed by atoms with Crippen LogP contribution < -0.4 is 10.1 Å². The van der Waals surface area contributed by atoms with E-state index in [1.807, 2.05) is 6.07 Å². The second-order valence-corrected chi connectivity index (χ2v) is 5.90. The Morgan fingerprint density at radius 3 is 2.33 bits per heavy atom. The van der Waals surface area contributed by atoms with E-state index in [9.17, 15) is 27.9 Å². The first-order valence-corrected chi connectivity index (χ1v) is 8.11. The summed E-state index contributed by atoms with van der Waals surface area (Å²) in [7, 11) is 0. The fourth-order valence-corrected chi connectivity index (χ4v) is 2.48. The molecular weight excluding hydrogens is 363 g/mol. The highest BCUT2D eigenvalue weighted by Crippen LogP contribution is 2.23. The van der Waals surface area contributed by atoms with Crippen molar-refractivity contribution in [1.82, 2.24) is 5.32 Å². The molecule has 2 aromatic rings. The van der Waals surface area contributed by atoms with Gasteiger partial charge in [-0.15, -0.1) is 13.2 Å². The number of carbonyl (C=O) groups is 2. The smallest absolute Gasteiger partial charge is 0.481 e. The highest BCUT2D eigenvalue weighted by Gasteiger charge is 2.31. The molecule has 0 bridgehead atoms. The molecule has 8 heteroatoms. The maximum atomic E-state index is 12.2. The maximum absolute atomic E-state index is 12.2. The van der Waals surface area contributed by atoms with Gasteiger partial charge in [0.1, 0.15) is 5.75 Å². The standard InChI is InChI=1S/C19H18F3NO4/c20-19(21,22)27-16-8-4-7-14(10-16)11-17(24)23-12-15(18(25)26)9-13-5-2-1-3-6-13/h1-8,10,15H,9,11-12H2,(H,23,24)(H,25,26). The van der Waals surface area contributed by atoms with E-state index in [0.29, 0.717) is 5.56 Å². The molecule has 0 aliphatic heterocycles. The minimum atomic E-state index is -4.81. The van der Waals surface area contributed by atoms with Gasteiger partial charge in [0, 0.05) is 6.54 Å². The summed E-state index contributed by atoms with van der Waals surface area (Å²) >= 11 is 0. The molecule has 1 atom stereocenters. The Balaban J connectivity index is 1.90. The van der Waals surface area contributed by atoms with E-state index in [4.69, 9.17) is 0 Å². The molecule has 1 unspecified atom stereocenters. The first-order chi connectivity index (χ1) is 12.7. The lowest BCUT2D eigenvalue weighted by Crippen LogP contribution is -2.34. The predicted octanol–water partition coefficient (Wildman–Crippen LogP) is 3.19. The average Bonchev–Trinajstić information content (AvgIpc) is 2.58. The molecule has 0 aliphatic rings. The summed E-state index contributed by atoms with van der Waals surface area (Å²) in [6.45, 7) is -0.0815. The molecule has 0 aromatic heterocycles. The number of aliphatic carboxylic acids is 1. The Bertz CT molecular complexity index is 778. The lowest BCUT2D eigenvalue weighted by Gasteiger charge is -2.14. The van der Waals surface area contributed by atoms with Crippen molar-refractivity contribution in [2.75, 3.05) is 6.54 Å². The van der Waals surface area contributed by atoms with Gasteiger partial charge in [-0.05, 0) is 29.7 Å². The topological polar surface area (TPSA) is 75.6 Å². The lowest BCUT2D eigenvalue weighted by atomic mass is 9.99. The van der Waals surface area contributed by atoms with Gasteiger partial charge >= 0.3 is 12.3 Å². The molecule has 2 aromatic carbocycles. The van der Waals surface area contributed by atoms with Crippen molar-refractivity contribution in [3.63, 3.8) is 0 Å². The van der Waals surface area contributed by atoms with Crippen LogP contribution in [0.3, 0.4) is 0 Å².